The molecular formula is C17H16F3N3O6. The highest BCUT2D eigenvalue weighted by Gasteiger charge is 2.55. The van der Waals surface area contributed by atoms with Gasteiger partial charge in [-0.1, -0.05) is 18.2 Å². The Morgan fingerprint density at radius 2 is 2.00 bits per heavy atom. The van der Waals surface area contributed by atoms with E-state index in [1.165, 1.54) is 5.32 Å². The molecule has 0 bridgehead atoms. The Bertz CT molecular complexity index is 859. The van der Waals surface area contributed by atoms with Crippen LogP contribution in [-0.2, 0) is 24.7 Å². The molecule has 1 saturated heterocycles. The van der Waals surface area contributed by atoms with Crippen LogP contribution in [0.3, 0.4) is 0 Å². The van der Waals surface area contributed by atoms with E-state index < -0.39 is 55.2 Å². The molecule has 2 aliphatic rings. The summed E-state index contributed by atoms with van der Waals surface area (Å²) in [6.45, 7) is -3.16. The number of amides is 4. The van der Waals surface area contributed by atoms with Gasteiger partial charge in [-0.25, -0.2) is 4.79 Å². The monoisotopic (exact) mass is 415 g/mol. The number of carbonyl (C=O) groups is 4. The van der Waals surface area contributed by atoms with Crippen LogP contribution in [0.25, 0.3) is 0 Å². The first kappa shape index (κ1) is 20.4. The summed E-state index contributed by atoms with van der Waals surface area (Å²) in [5.74, 6) is -2.54. The molecule has 1 aromatic carbocycles. The third-order valence-electron chi connectivity index (χ3n) is 4.39. The quantitative estimate of drug-likeness (QED) is 0.533. The normalized spacial score (nSPS) is 20.7. The molecule has 1 aromatic rings. The molecule has 2 N–H and O–H groups in total. The Morgan fingerprint density at radius 1 is 1.28 bits per heavy atom. The van der Waals surface area contributed by atoms with Gasteiger partial charge in [0, 0.05) is 12.0 Å². The molecule has 0 unspecified atom stereocenters. The largest absolute Gasteiger partial charge is 0.493 e. The van der Waals surface area contributed by atoms with Gasteiger partial charge in [0.1, 0.15) is 18.8 Å². The molecule has 3 rings (SSSR count). The predicted molar refractivity (Wildman–Crippen MR) is 88.5 cm³/mol. The van der Waals surface area contributed by atoms with E-state index in [1.54, 1.807) is 24.3 Å². The summed E-state index contributed by atoms with van der Waals surface area (Å²) < 4.78 is 46.1. The number of carbonyl (C=O) groups excluding carboxylic acids is 4. The van der Waals surface area contributed by atoms with Crippen molar-refractivity contribution in [1.82, 2.24) is 15.5 Å². The SMILES string of the molecule is O=C(COC(=O)CN1C(=O)N[C@]2(CCOc3ccccc32)C1=O)NCC(F)(F)F. The first-order chi connectivity index (χ1) is 13.6. The Balaban J connectivity index is 1.61. The number of urea groups is 1. The van der Waals surface area contributed by atoms with Crippen molar-refractivity contribution in [2.24, 2.45) is 0 Å². The Labute approximate surface area is 162 Å². The molecule has 1 atom stereocenters. The molecule has 2 heterocycles. The number of hydrogen-bond donors (Lipinski definition) is 2. The Kier molecular flexibility index (Phi) is 5.36. The van der Waals surface area contributed by atoms with Crippen molar-refractivity contribution in [1.29, 1.82) is 0 Å². The number of para-hydroxylation sites is 1. The average molecular weight is 415 g/mol. The third kappa shape index (κ3) is 4.25. The summed E-state index contributed by atoms with van der Waals surface area (Å²) in [6, 6.07) is 5.82. The van der Waals surface area contributed by atoms with Crippen LogP contribution in [0.1, 0.15) is 12.0 Å². The lowest BCUT2D eigenvalue weighted by Gasteiger charge is -2.33. The fourth-order valence-corrected chi connectivity index (χ4v) is 3.09. The zero-order valence-electron chi connectivity index (χ0n) is 14.9. The van der Waals surface area contributed by atoms with Gasteiger partial charge < -0.3 is 20.1 Å². The maximum atomic E-state index is 12.9. The lowest BCUT2D eigenvalue weighted by molar-refractivity contribution is -0.153. The van der Waals surface area contributed by atoms with Crippen LogP contribution in [0.5, 0.6) is 5.75 Å². The number of imide groups is 1. The fourth-order valence-electron chi connectivity index (χ4n) is 3.09. The van der Waals surface area contributed by atoms with Gasteiger partial charge in [0.05, 0.1) is 6.61 Å². The van der Waals surface area contributed by atoms with Crippen molar-refractivity contribution < 1.29 is 41.8 Å². The van der Waals surface area contributed by atoms with E-state index in [0.29, 0.717) is 16.2 Å². The lowest BCUT2D eigenvalue weighted by Crippen LogP contribution is -2.47. The first-order valence-corrected chi connectivity index (χ1v) is 8.48. The van der Waals surface area contributed by atoms with E-state index in [2.05, 4.69) is 10.1 Å². The van der Waals surface area contributed by atoms with Gasteiger partial charge in [-0.3, -0.25) is 19.3 Å². The zero-order valence-corrected chi connectivity index (χ0v) is 14.9. The number of alkyl halides is 3. The fraction of sp³-hybridized carbons (Fsp3) is 0.412. The average Bonchev–Trinajstić information content (AvgIpc) is 2.89. The van der Waals surface area contributed by atoms with E-state index in [-0.39, 0.29) is 13.0 Å². The van der Waals surface area contributed by atoms with Crippen LogP contribution >= 0.6 is 0 Å². The molecule has 4 amide bonds. The molecule has 156 valence electrons. The van der Waals surface area contributed by atoms with E-state index in [1.807, 2.05) is 0 Å². The summed E-state index contributed by atoms with van der Waals surface area (Å²) in [6.07, 6.45) is -4.45. The zero-order chi connectivity index (χ0) is 21.2. The number of hydrogen-bond acceptors (Lipinski definition) is 6. The van der Waals surface area contributed by atoms with Crippen molar-refractivity contribution in [2.45, 2.75) is 18.1 Å². The minimum Gasteiger partial charge on any atom is -0.493 e. The van der Waals surface area contributed by atoms with Gasteiger partial charge >= 0.3 is 18.2 Å². The van der Waals surface area contributed by atoms with Crippen LogP contribution in [-0.4, -0.2) is 61.2 Å². The third-order valence-corrected chi connectivity index (χ3v) is 4.39. The van der Waals surface area contributed by atoms with Crippen LogP contribution < -0.4 is 15.4 Å². The maximum Gasteiger partial charge on any atom is 0.405 e. The summed E-state index contributed by atoms with van der Waals surface area (Å²) in [7, 11) is 0. The van der Waals surface area contributed by atoms with Gasteiger partial charge in [0.25, 0.3) is 11.8 Å². The summed E-state index contributed by atoms with van der Waals surface area (Å²) >= 11 is 0. The first-order valence-electron chi connectivity index (χ1n) is 8.48. The highest BCUT2D eigenvalue weighted by Crippen LogP contribution is 2.40. The van der Waals surface area contributed by atoms with Crippen molar-refractivity contribution in [3.05, 3.63) is 29.8 Å². The summed E-state index contributed by atoms with van der Waals surface area (Å²) in [4.78, 5) is 49.0. The smallest absolute Gasteiger partial charge is 0.405 e. The minimum absolute atomic E-state index is 0.153. The second-order valence-electron chi connectivity index (χ2n) is 6.37. The van der Waals surface area contributed by atoms with Crippen molar-refractivity contribution in [2.75, 3.05) is 26.3 Å². The highest BCUT2D eigenvalue weighted by atomic mass is 19.4. The molecule has 1 fully saturated rings. The molecular weight excluding hydrogens is 399 g/mol. The van der Waals surface area contributed by atoms with Gasteiger partial charge in [0.15, 0.2) is 12.1 Å². The van der Waals surface area contributed by atoms with Gasteiger partial charge in [0.2, 0.25) is 0 Å². The van der Waals surface area contributed by atoms with E-state index in [0.717, 1.165) is 0 Å². The summed E-state index contributed by atoms with van der Waals surface area (Å²) in [5.41, 5.74) is -0.928. The second-order valence-corrected chi connectivity index (χ2v) is 6.37. The van der Waals surface area contributed by atoms with Crippen LogP contribution in [0.2, 0.25) is 0 Å². The highest BCUT2D eigenvalue weighted by molar-refractivity contribution is 6.09. The van der Waals surface area contributed by atoms with Gasteiger partial charge in [-0.05, 0) is 6.07 Å². The summed E-state index contributed by atoms with van der Waals surface area (Å²) in [5, 5.41) is 4.11. The molecule has 29 heavy (non-hydrogen) atoms. The van der Waals surface area contributed by atoms with Crippen molar-refractivity contribution in [3.8, 4) is 5.75 Å². The maximum absolute atomic E-state index is 12.9. The molecule has 1 spiro atoms. The van der Waals surface area contributed by atoms with Crippen molar-refractivity contribution >= 4 is 23.8 Å². The van der Waals surface area contributed by atoms with Crippen LogP contribution in [0, 0.1) is 0 Å². The molecule has 2 aliphatic heterocycles. The number of benzene rings is 1. The number of esters is 1. The number of nitrogens with one attached hydrogen (secondary N) is 2. The van der Waals surface area contributed by atoms with E-state index in [4.69, 9.17) is 4.74 Å². The van der Waals surface area contributed by atoms with Crippen LogP contribution in [0.4, 0.5) is 18.0 Å². The number of ether oxygens (including phenoxy) is 2. The molecule has 0 saturated carbocycles. The number of nitrogens with zero attached hydrogens (tertiary/aromatic N) is 1. The van der Waals surface area contributed by atoms with E-state index in [9.17, 15) is 32.3 Å². The minimum atomic E-state index is -4.60. The Hall–Kier alpha value is -3.31. The van der Waals surface area contributed by atoms with Crippen LogP contribution in [0.15, 0.2) is 24.3 Å². The molecule has 12 heteroatoms. The second kappa shape index (κ2) is 7.60. The van der Waals surface area contributed by atoms with E-state index >= 15 is 0 Å². The standard InChI is InChI=1S/C17H16F3N3O6/c18-17(19,20)9-21-12(24)8-29-13(25)7-23-14(26)16(22-15(23)27)5-6-28-11-4-2-1-3-10(11)16/h1-4H,5-9H2,(H,21,24)(H,22,27)/t16-/m0/s1. The lowest BCUT2D eigenvalue weighted by atomic mass is 9.84. The molecule has 9 nitrogen and oxygen atoms in total. The molecule has 0 radical (unpaired) electrons. The number of halogens is 3. The number of fused-ring (bicyclic) bond motifs is 2. The van der Waals surface area contributed by atoms with Crippen molar-refractivity contribution in [3.63, 3.8) is 0 Å². The van der Waals surface area contributed by atoms with Gasteiger partial charge in [-0.2, -0.15) is 13.2 Å². The molecule has 0 aliphatic carbocycles. The predicted octanol–water partition coefficient (Wildman–Crippen LogP) is 0.438. The molecule has 0 aromatic heterocycles. The number of rotatable bonds is 5. The topological polar surface area (TPSA) is 114 Å². The Morgan fingerprint density at radius 3 is 2.72 bits per heavy atom. The van der Waals surface area contributed by atoms with Gasteiger partial charge in [-0.15, -0.1) is 0 Å².